The first kappa shape index (κ1) is 25.0. The third kappa shape index (κ3) is 5.47. The molecule has 2 amide bonds. The van der Waals surface area contributed by atoms with Crippen molar-refractivity contribution in [3.63, 3.8) is 0 Å². The van der Waals surface area contributed by atoms with E-state index in [9.17, 15) is 35.9 Å². The smallest absolute Gasteiger partial charge is 0.475 e. The third-order valence-corrected chi connectivity index (χ3v) is 5.08. The summed E-state index contributed by atoms with van der Waals surface area (Å²) >= 11 is 0. The summed E-state index contributed by atoms with van der Waals surface area (Å²) in [6, 6.07) is 9.05. The highest BCUT2D eigenvalue weighted by Gasteiger charge is 2.38. The third-order valence-electron chi connectivity index (χ3n) is 5.08. The number of benzene rings is 2. The minimum absolute atomic E-state index is 0.277. The van der Waals surface area contributed by atoms with E-state index in [1.807, 2.05) is 0 Å². The highest BCUT2D eigenvalue weighted by atomic mass is 19.4. The normalized spacial score (nSPS) is 18.1. The van der Waals surface area contributed by atoms with Gasteiger partial charge in [-0.3, -0.25) is 9.59 Å². The molecule has 13 heteroatoms. The fourth-order valence-electron chi connectivity index (χ4n) is 3.44. The van der Waals surface area contributed by atoms with Gasteiger partial charge < -0.3 is 20.6 Å². The zero-order valence-corrected chi connectivity index (χ0v) is 17.1. The second-order valence-corrected chi connectivity index (χ2v) is 7.35. The number of aliphatic carboxylic acids is 1. The Bertz CT molecular complexity index is 1120. The standard InChI is InChI=1S/C19H16F3N3O2.C2HF3O2/c20-19(21,22)13-3-1-2-11(8-13)12-4-5-15-14(9-12)18(27)25-7-6-23-10-16(25)17(26)24-15;3-2(4,5)1(6)7/h1-5,8-9,16,23H,6-7,10H2,(H,24,26);(H,6,7)/t16-;/m0./s1. The number of carboxylic acids is 1. The van der Waals surface area contributed by atoms with Gasteiger partial charge in [-0.2, -0.15) is 26.3 Å². The van der Waals surface area contributed by atoms with Crippen molar-refractivity contribution in [3.8, 4) is 11.1 Å². The van der Waals surface area contributed by atoms with Gasteiger partial charge in [0.2, 0.25) is 5.91 Å². The molecule has 0 radical (unpaired) electrons. The lowest BCUT2D eigenvalue weighted by Crippen LogP contribution is -2.57. The van der Waals surface area contributed by atoms with Gasteiger partial charge in [-0.05, 0) is 35.4 Å². The highest BCUT2D eigenvalue weighted by Crippen LogP contribution is 2.34. The van der Waals surface area contributed by atoms with E-state index in [4.69, 9.17) is 9.90 Å². The molecule has 1 fully saturated rings. The molecule has 2 aromatic rings. The first-order valence-electron chi connectivity index (χ1n) is 9.73. The number of alkyl halides is 6. The van der Waals surface area contributed by atoms with Gasteiger partial charge in [0.1, 0.15) is 6.04 Å². The summed E-state index contributed by atoms with van der Waals surface area (Å²) < 4.78 is 70.7. The number of hydrogen-bond donors (Lipinski definition) is 3. The molecule has 7 nitrogen and oxygen atoms in total. The van der Waals surface area contributed by atoms with E-state index in [1.54, 1.807) is 18.2 Å². The summed E-state index contributed by atoms with van der Waals surface area (Å²) in [6.45, 7) is 1.34. The van der Waals surface area contributed by atoms with Gasteiger partial charge in [0.15, 0.2) is 0 Å². The molecule has 0 spiro atoms. The van der Waals surface area contributed by atoms with Gasteiger partial charge >= 0.3 is 18.3 Å². The average Bonchev–Trinajstić information content (AvgIpc) is 2.88. The summed E-state index contributed by atoms with van der Waals surface area (Å²) in [5, 5.41) is 13.0. The lowest BCUT2D eigenvalue weighted by Gasteiger charge is -2.33. The molecule has 0 unspecified atom stereocenters. The maximum absolute atomic E-state index is 13.0. The largest absolute Gasteiger partial charge is 0.490 e. The van der Waals surface area contributed by atoms with E-state index in [1.165, 1.54) is 17.0 Å². The highest BCUT2D eigenvalue weighted by molar-refractivity contribution is 6.10. The molecule has 0 saturated carbocycles. The molecule has 3 N–H and O–H groups in total. The van der Waals surface area contributed by atoms with E-state index in [0.29, 0.717) is 36.4 Å². The Labute approximate surface area is 188 Å². The number of halogens is 6. The maximum atomic E-state index is 13.0. The quantitative estimate of drug-likeness (QED) is 0.534. The predicted octanol–water partition coefficient (Wildman–Crippen LogP) is 3.37. The molecule has 0 bridgehead atoms. The molecular weight excluding hydrogens is 472 g/mol. The lowest BCUT2D eigenvalue weighted by atomic mass is 9.99. The van der Waals surface area contributed by atoms with Crippen LogP contribution in [0.5, 0.6) is 0 Å². The number of nitrogens with one attached hydrogen (secondary N) is 2. The van der Waals surface area contributed by atoms with E-state index >= 15 is 0 Å². The minimum atomic E-state index is -5.08. The van der Waals surface area contributed by atoms with Crippen molar-refractivity contribution >= 4 is 23.5 Å². The van der Waals surface area contributed by atoms with Crippen LogP contribution < -0.4 is 10.6 Å². The van der Waals surface area contributed by atoms with Crippen molar-refractivity contribution in [3.05, 3.63) is 53.6 Å². The maximum Gasteiger partial charge on any atom is 0.490 e. The Kier molecular flexibility index (Phi) is 6.87. The zero-order chi connectivity index (χ0) is 25.3. The van der Waals surface area contributed by atoms with Crippen LogP contribution in [0.15, 0.2) is 42.5 Å². The van der Waals surface area contributed by atoms with E-state index in [0.717, 1.165) is 12.1 Å². The first-order valence-corrected chi connectivity index (χ1v) is 9.73. The number of rotatable bonds is 1. The molecule has 4 rings (SSSR count). The number of carbonyl (C=O) groups excluding carboxylic acids is 2. The monoisotopic (exact) mass is 489 g/mol. The van der Waals surface area contributed by atoms with Gasteiger partial charge in [-0.15, -0.1) is 0 Å². The van der Waals surface area contributed by atoms with Crippen molar-refractivity contribution in [1.29, 1.82) is 0 Å². The predicted molar refractivity (Wildman–Crippen MR) is 107 cm³/mol. The van der Waals surface area contributed by atoms with Crippen LogP contribution in [0.3, 0.4) is 0 Å². The SMILES string of the molecule is O=C(O)C(F)(F)F.O=C1Nc2ccc(-c3cccc(C(F)(F)F)c3)cc2C(=O)N2CCNC[C@@H]12. The van der Waals surface area contributed by atoms with Crippen LogP contribution in [0.2, 0.25) is 0 Å². The average molecular weight is 489 g/mol. The number of fused-ring (bicyclic) bond motifs is 2. The van der Waals surface area contributed by atoms with Gasteiger partial charge in [0.25, 0.3) is 5.91 Å². The van der Waals surface area contributed by atoms with Gasteiger partial charge in [0.05, 0.1) is 16.8 Å². The first-order chi connectivity index (χ1) is 15.8. The number of anilines is 1. The second kappa shape index (κ2) is 9.33. The van der Waals surface area contributed by atoms with Crippen molar-refractivity contribution in [2.24, 2.45) is 0 Å². The van der Waals surface area contributed by atoms with Crippen molar-refractivity contribution in [2.45, 2.75) is 18.4 Å². The summed E-state index contributed by atoms with van der Waals surface area (Å²) in [4.78, 5) is 35.8. The van der Waals surface area contributed by atoms with Gasteiger partial charge in [-0.1, -0.05) is 18.2 Å². The molecule has 2 heterocycles. The number of amides is 2. The Balaban J connectivity index is 0.000000406. The molecule has 0 aliphatic carbocycles. The zero-order valence-electron chi connectivity index (χ0n) is 17.1. The van der Waals surface area contributed by atoms with E-state index in [2.05, 4.69) is 10.6 Å². The number of nitrogens with zero attached hydrogens (tertiary/aromatic N) is 1. The van der Waals surface area contributed by atoms with Crippen LogP contribution in [-0.2, 0) is 15.8 Å². The van der Waals surface area contributed by atoms with Gasteiger partial charge in [0, 0.05) is 19.6 Å². The van der Waals surface area contributed by atoms with E-state index in [-0.39, 0.29) is 17.4 Å². The summed E-state index contributed by atoms with van der Waals surface area (Å²) in [7, 11) is 0. The molecule has 34 heavy (non-hydrogen) atoms. The number of piperazine rings is 1. The molecule has 2 aliphatic rings. The summed E-state index contributed by atoms with van der Waals surface area (Å²) in [6.07, 6.45) is -9.53. The summed E-state index contributed by atoms with van der Waals surface area (Å²) in [5.74, 6) is -3.34. The fourth-order valence-corrected chi connectivity index (χ4v) is 3.44. The molecule has 182 valence electrons. The molecular formula is C21H17F6N3O4. The van der Waals surface area contributed by atoms with E-state index < -0.39 is 29.9 Å². The van der Waals surface area contributed by atoms with Crippen LogP contribution in [-0.4, -0.2) is 59.6 Å². The van der Waals surface area contributed by atoms with Crippen LogP contribution in [0.4, 0.5) is 32.0 Å². The fraction of sp³-hybridized carbons (Fsp3) is 0.286. The van der Waals surface area contributed by atoms with Gasteiger partial charge in [-0.25, -0.2) is 4.79 Å². The molecule has 2 aromatic carbocycles. The van der Waals surface area contributed by atoms with Crippen LogP contribution in [0.1, 0.15) is 15.9 Å². The van der Waals surface area contributed by atoms with Crippen LogP contribution >= 0.6 is 0 Å². The topological polar surface area (TPSA) is 98.7 Å². The molecule has 0 aromatic heterocycles. The van der Waals surface area contributed by atoms with Crippen molar-refractivity contribution in [2.75, 3.05) is 25.0 Å². The van der Waals surface area contributed by atoms with Crippen LogP contribution in [0.25, 0.3) is 11.1 Å². The second-order valence-electron chi connectivity index (χ2n) is 7.35. The molecule has 1 atom stereocenters. The number of hydrogen-bond acceptors (Lipinski definition) is 4. The Morgan fingerprint density at radius 2 is 1.65 bits per heavy atom. The number of carbonyl (C=O) groups is 3. The summed E-state index contributed by atoms with van der Waals surface area (Å²) in [5.41, 5.74) is 0.735. The Morgan fingerprint density at radius 1 is 1.00 bits per heavy atom. The number of carboxylic acid groups (broad SMARTS) is 1. The Hall–Kier alpha value is -3.61. The minimum Gasteiger partial charge on any atom is -0.475 e. The Morgan fingerprint density at radius 3 is 2.26 bits per heavy atom. The lowest BCUT2D eigenvalue weighted by molar-refractivity contribution is -0.192. The molecule has 1 saturated heterocycles. The van der Waals surface area contributed by atoms with Crippen molar-refractivity contribution < 1.29 is 45.8 Å². The van der Waals surface area contributed by atoms with Crippen LogP contribution in [0, 0.1) is 0 Å². The van der Waals surface area contributed by atoms with Crippen molar-refractivity contribution in [1.82, 2.24) is 10.2 Å². The molecule has 2 aliphatic heterocycles.